The summed E-state index contributed by atoms with van der Waals surface area (Å²) < 4.78 is 11.0. The number of benzene rings is 1. The van der Waals surface area contributed by atoms with Gasteiger partial charge in [0.2, 0.25) is 0 Å². The maximum atomic E-state index is 12.6. The van der Waals surface area contributed by atoms with Crippen LogP contribution in [-0.2, 0) is 13.0 Å². The van der Waals surface area contributed by atoms with Crippen molar-refractivity contribution in [1.82, 2.24) is 15.5 Å². The molecule has 0 aliphatic carbocycles. The SMILES string of the molecule is Cc1nc(-c2ccc(CCNC(=O)c3cccc(OCc4c(C)noc4C)c3)s2)cs1. The average molecular weight is 454 g/mol. The highest BCUT2D eigenvalue weighted by Gasteiger charge is 2.11. The van der Waals surface area contributed by atoms with Gasteiger partial charge in [-0.25, -0.2) is 4.98 Å². The third-order valence-electron chi connectivity index (χ3n) is 4.85. The van der Waals surface area contributed by atoms with Gasteiger partial charge in [-0.2, -0.15) is 0 Å². The summed E-state index contributed by atoms with van der Waals surface area (Å²) in [5.74, 6) is 1.26. The van der Waals surface area contributed by atoms with Gasteiger partial charge in [0, 0.05) is 22.4 Å². The summed E-state index contributed by atoms with van der Waals surface area (Å²) in [5, 5.41) is 10.1. The fraction of sp³-hybridized carbons (Fsp3) is 0.261. The molecule has 31 heavy (non-hydrogen) atoms. The second-order valence-corrected chi connectivity index (χ2v) is 9.37. The Morgan fingerprint density at radius 2 is 2.06 bits per heavy atom. The maximum absolute atomic E-state index is 12.6. The van der Waals surface area contributed by atoms with E-state index in [4.69, 9.17) is 9.26 Å². The van der Waals surface area contributed by atoms with E-state index in [0.29, 0.717) is 24.5 Å². The van der Waals surface area contributed by atoms with Gasteiger partial charge in [0.05, 0.1) is 26.8 Å². The lowest BCUT2D eigenvalue weighted by molar-refractivity contribution is 0.0953. The van der Waals surface area contributed by atoms with E-state index in [2.05, 4.69) is 33.0 Å². The summed E-state index contributed by atoms with van der Waals surface area (Å²) in [4.78, 5) is 19.5. The highest BCUT2D eigenvalue weighted by Crippen LogP contribution is 2.29. The maximum Gasteiger partial charge on any atom is 0.251 e. The third-order valence-corrected chi connectivity index (χ3v) is 6.79. The van der Waals surface area contributed by atoms with Gasteiger partial charge in [0.1, 0.15) is 18.1 Å². The van der Waals surface area contributed by atoms with Gasteiger partial charge in [0.25, 0.3) is 5.91 Å². The van der Waals surface area contributed by atoms with Gasteiger partial charge in [-0.15, -0.1) is 22.7 Å². The van der Waals surface area contributed by atoms with Crippen LogP contribution in [0.15, 0.2) is 46.3 Å². The van der Waals surface area contributed by atoms with Crippen LogP contribution in [0.1, 0.15) is 37.3 Å². The quantitative estimate of drug-likeness (QED) is 0.390. The Bertz CT molecular complexity index is 1170. The molecule has 0 fully saturated rings. The smallest absolute Gasteiger partial charge is 0.251 e. The molecular formula is C23H23N3O3S2. The topological polar surface area (TPSA) is 77.2 Å². The van der Waals surface area contributed by atoms with E-state index in [1.807, 2.05) is 32.9 Å². The molecule has 0 atom stereocenters. The normalized spacial score (nSPS) is 10.9. The molecule has 1 N–H and O–H groups in total. The largest absolute Gasteiger partial charge is 0.489 e. The fourth-order valence-electron chi connectivity index (χ4n) is 3.12. The first-order chi connectivity index (χ1) is 15.0. The minimum atomic E-state index is -0.116. The van der Waals surface area contributed by atoms with Crippen LogP contribution in [-0.4, -0.2) is 22.6 Å². The molecule has 6 nitrogen and oxygen atoms in total. The van der Waals surface area contributed by atoms with Crippen LogP contribution in [0.25, 0.3) is 10.6 Å². The number of nitrogens with one attached hydrogen (secondary N) is 1. The summed E-state index contributed by atoms with van der Waals surface area (Å²) >= 11 is 3.37. The number of thiazole rings is 1. The molecule has 4 rings (SSSR count). The minimum Gasteiger partial charge on any atom is -0.489 e. The standard InChI is InChI=1S/C23H23N3O3S2/c1-14-20(15(2)29-26-14)12-28-18-6-4-5-17(11-18)23(27)24-10-9-19-7-8-22(31-19)21-13-30-16(3)25-21/h4-8,11,13H,9-10,12H2,1-3H3,(H,24,27). The van der Waals surface area contributed by atoms with E-state index in [-0.39, 0.29) is 5.91 Å². The fourth-order valence-corrected chi connectivity index (χ4v) is 4.77. The van der Waals surface area contributed by atoms with Gasteiger partial charge < -0.3 is 14.6 Å². The number of hydrogen-bond donors (Lipinski definition) is 1. The number of hydrogen-bond acceptors (Lipinski definition) is 7. The van der Waals surface area contributed by atoms with Crippen LogP contribution < -0.4 is 10.1 Å². The molecule has 8 heteroatoms. The van der Waals surface area contributed by atoms with Gasteiger partial charge in [-0.1, -0.05) is 11.2 Å². The van der Waals surface area contributed by atoms with Crippen LogP contribution in [0.2, 0.25) is 0 Å². The average Bonchev–Trinajstić information content (AvgIpc) is 3.48. The molecule has 0 saturated heterocycles. The molecule has 0 saturated carbocycles. The molecule has 0 bridgehead atoms. The van der Waals surface area contributed by atoms with Crippen molar-refractivity contribution in [2.24, 2.45) is 0 Å². The first kappa shape index (κ1) is 21.3. The van der Waals surface area contributed by atoms with Crippen molar-refractivity contribution < 1.29 is 14.1 Å². The Morgan fingerprint density at radius 1 is 1.19 bits per heavy atom. The van der Waals surface area contributed by atoms with Gasteiger partial charge in [-0.3, -0.25) is 4.79 Å². The van der Waals surface area contributed by atoms with E-state index in [1.54, 1.807) is 34.8 Å². The molecule has 3 aromatic heterocycles. The Kier molecular flexibility index (Phi) is 6.48. The van der Waals surface area contributed by atoms with Crippen molar-refractivity contribution in [1.29, 1.82) is 0 Å². The number of aryl methyl sites for hydroxylation is 3. The predicted octanol–water partition coefficient (Wildman–Crippen LogP) is 5.34. The molecule has 0 spiro atoms. The highest BCUT2D eigenvalue weighted by atomic mass is 32.1. The molecule has 160 valence electrons. The monoisotopic (exact) mass is 453 g/mol. The Morgan fingerprint density at radius 3 is 2.81 bits per heavy atom. The first-order valence-electron chi connectivity index (χ1n) is 9.93. The van der Waals surface area contributed by atoms with Crippen molar-refractivity contribution in [2.75, 3.05) is 6.54 Å². The molecular weight excluding hydrogens is 430 g/mol. The van der Waals surface area contributed by atoms with Crippen molar-refractivity contribution in [3.05, 3.63) is 74.2 Å². The van der Waals surface area contributed by atoms with Crippen LogP contribution in [0.3, 0.4) is 0 Å². The van der Waals surface area contributed by atoms with Crippen molar-refractivity contribution in [2.45, 2.75) is 33.8 Å². The lowest BCUT2D eigenvalue weighted by Crippen LogP contribution is -2.25. The first-order valence-corrected chi connectivity index (χ1v) is 11.6. The number of thiophene rings is 1. The second-order valence-electron chi connectivity index (χ2n) is 7.14. The number of aromatic nitrogens is 2. The van der Waals surface area contributed by atoms with Crippen LogP contribution in [0.5, 0.6) is 5.75 Å². The zero-order valence-corrected chi connectivity index (χ0v) is 19.2. The van der Waals surface area contributed by atoms with Crippen molar-refractivity contribution >= 4 is 28.6 Å². The highest BCUT2D eigenvalue weighted by molar-refractivity contribution is 7.16. The van der Waals surface area contributed by atoms with Crippen LogP contribution >= 0.6 is 22.7 Å². The minimum absolute atomic E-state index is 0.116. The lowest BCUT2D eigenvalue weighted by atomic mass is 10.2. The third kappa shape index (κ3) is 5.21. The zero-order chi connectivity index (χ0) is 21.8. The Labute approximate surface area is 188 Å². The number of carbonyl (C=O) groups is 1. The predicted molar refractivity (Wildman–Crippen MR) is 123 cm³/mol. The van der Waals surface area contributed by atoms with E-state index in [1.165, 1.54) is 4.88 Å². The van der Waals surface area contributed by atoms with Crippen LogP contribution in [0.4, 0.5) is 0 Å². The Balaban J connectivity index is 1.30. The molecule has 0 aliphatic heterocycles. The summed E-state index contributed by atoms with van der Waals surface area (Å²) in [7, 11) is 0. The molecule has 3 heterocycles. The summed E-state index contributed by atoms with van der Waals surface area (Å²) in [6.07, 6.45) is 0.780. The summed E-state index contributed by atoms with van der Waals surface area (Å²) in [6.45, 7) is 6.67. The van der Waals surface area contributed by atoms with E-state index in [0.717, 1.165) is 39.0 Å². The number of rotatable bonds is 8. The molecule has 4 aromatic rings. The Hall–Kier alpha value is -2.97. The lowest BCUT2D eigenvalue weighted by Gasteiger charge is -2.08. The van der Waals surface area contributed by atoms with Gasteiger partial charge in [0.15, 0.2) is 0 Å². The van der Waals surface area contributed by atoms with Gasteiger partial charge >= 0.3 is 0 Å². The molecule has 0 aliphatic rings. The molecule has 0 unspecified atom stereocenters. The van der Waals surface area contributed by atoms with E-state index in [9.17, 15) is 4.79 Å². The number of ether oxygens (including phenoxy) is 1. The molecule has 1 amide bonds. The summed E-state index contributed by atoms with van der Waals surface area (Å²) in [6, 6.07) is 11.4. The van der Waals surface area contributed by atoms with Gasteiger partial charge in [-0.05, 0) is 57.5 Å². The molecule has 1 aromatic carbocycles. The second kappa shape index (κ2) is 9.45. The number of carbonyl (C=O) groups excluding carboxylic acids is 1. The van der Waals surface area contributed by atoms with Crippen molar-refractivity contribution in [3.8, 4) is 16.3 Å². The van der Waals surface area contributed by atoms with Crippen LogP contribution in [0, 0.1) is 20.8 Å². The number of amides is 1. The van der Waals surface area contributed by atoms with Crippen molar-refractivity contribution in [3.63, 3.8) is 0 Å². The van der Waals surface area contributed by atoms with E-state index >= 15 is 0 Å². The summed E-state index contributed by atoms with van der Waals surface area (Å²) in [5.41, 5.74) is 3.34. The van der Waals surface area contributed by atoms with E-state index < -0.39 is 0 Å². The molecule has 0 radical (unpaired) electrons. The number of nitrogens with zero attached hydrogens (tertiary/aromatic N) is 2. The zero-order valence-electron chi connectivity index (χ0n) is 17.6.